The van der Waals surface area contributed by atoms with Gasteiger partial charge in [0.2, 0.25) is 5.91 Å². The van der Waals surface area contributed by atoms with E-state index >= 15 is 0 Å². The lowest BCUT2D eigenvalue weighted by atomic mass is 9.91. The monoisotopic (exact) mass is 380 g/mol. The maximum atomic E-state index is 12.1. The molecular formula is C20H20N4O4. The van der Waals surface area contributed by atoms with Crippen molar-refractivity contribution in [2.45, 2.75) is 19.4 Å². The molecule has 0 radical (unpaired) electrons. The molecule has 0 saturated carbocycles. The minimum absolute atomic E-state index is 0.230. The van der Waals surface area contributed by atoms with Gasteiger partial charge in [-0.1, -0.05) is 17.3 Å². The van der Waals surface area contributed by atoms with E-state index in [1.807, 2.05) is 18.2 Å². The largest absolute Gasteiger partial charge is 0.467 e. The number of hydrogen-bond donors (Lipinski definition) is 2. The Labute approximate surface area is 161 Å². The summed E-state index contributed by atoms with van der Waals surface area (Å²) >= 11 is 0. The molecule has 1 aromatic carbocycles. The summed E-state index contributed by atoms with van der Waals surface area (Å²) in [5.74, 6) is 0.467. The number of nitrogens with zero attached hydrogens (tertiary/aromatic N) is 2. The lowest BCUT2D eigenvalue weighted by Crippen LogP contribution is -2.27. The molecule has 1 atom stereocenters. The van der Waals surface area contributed by atoms with E-state index in [0.717, 1.165) is 16.9 Å². The molecule has 144 valence electrons. The number of carbonyl (C=O) groups is 1. The van der Waals surface area contributed by atoms with Crippen molar-refractivity contribution in [2.75, 3.05) is 12.5 Å². The summed E-state index contributed by atoms with van der Waals surface area (Å²) in [7, 11) is 0. The van der Waals surface area contributed by atoms with Crippen LogP contribution >= 0.6 is 0 Å². The van der Waals surface area contributed by atoms with Crippen LogP contribution in [0.5, 0.6) is 5.75 Å². The quantitative estimate of drug-likeness (QED) is 0.670. The average molecular weight is 380 g/mol. The third-order valence-electron chi connectivity index (χ3n) is 4.78. The summed E-state index contributed by atoms with van der Waals surface area (Å²) in [6.07, 6.45) is 4.01. The first-order valence-electron chi connectivity index (χ1n) is 8.88. The Morgan fingerprint density at radius 3 is 2.96 bits per heavy atom. The van der Waals surface area contributed by atoms with Crippen LogP contribution in [0.1, 0.15) is 16.9 Å². The molecule has 4 rings (SSSR count). The Kier molecular flexibility index (Phi) is 4.94. The van der Waals surface area contributed by atoms with Crippen LogP contribution < -0.4 is 16.2 Å². The second-order valence-corrected chi connectivity index (χ2v) is 6.65. The third kappa shape index (κ3) is 3.67. The number of pyridine rings is 1. The van der Waals surface area contributed by atoms with Crippen molar-refractivity contribution >= 4 is 11.6 Å². The molecule has 1 amide bonds. The summed E-state index contributed by atoms with van der Waals surface area (Å²) in [5, 5.41) is 4.05. The summed E-state index contributed by atoms with van der Waals surface area (Å²) in [5.41, 5.74) is 15.3. The molecule has 0 fully saturated rings. The van der Waals surface area contributed by atoms with Crippen molar-refractivity contribution in [2.24, 2.45) is 11.7 Å². The molecular weight excluding hydrogens is 360 g/mol. The zero-order valence-corrected chi connectivity index (χ0v) is 15.1. The summed E-state index contributed by atoms with van der Waals surface area (Å²) in [4.78, 5) is 16.1. The standard InChI is InChI=1S/C20H20N4O4/c21-17-4-5-23-9-15(17)18-8-14(28-24-18)7-13(20(22)25)6-12-2-1-3-19-16(12)10-26-11-27-19/h1-5,8-9,13H,6-7,10-11H2,(H2,21,23)(H2,22,25). The molecule has 0 spiro atoms. The number of rotatable bonds is 6. The fourth-order valence-electron chi connectivity index (χ4n) is 3.29. The van der Waals surface area contributed by atoms with Crippen LogP contribution in [0.25, 0.3) is 11.3 Å². The highest BCUT2D eigenvalue weighted by atomic mass is 16.7. The molecule has 3 aromatic rings. The van der Waals surface area contributed by atoms with Crippen LogP contribution in [0.2, 0.25) is 0 Å². The molecule has 1 aliphatic rings. The number of hydrogen-bond acceptors (Lipinski definition) is 7. The minimum atomic E-state index is -0.458. The fourth-order valence-corrected chi connectivity index (χ4v) is 3.29. The van der Waals surface area contributed by atoms with Crippen LogP contribution in [-0.2, 0) is 29.0 Å². The number of anilines is 1. The first kappa shape index (κ1) is 18.0. The van der Waals surface area contributed by atoms with Crippen molar-refractivity contribution in [3.63, 3.8) is 0 Å². The van der Waals surface area contributed by atoms with Gasteiger partial charge in [-0.3, -0.25) is 9.78 Å². The molecule has 8 nitrogen and oxygen atoms in total. The number of fused-ring (bicyclic) bond motifs is 1. The summed E-state index contributed by atoms with van der Waals surface area (Å²) in [6, 6.07) is 9.19. The van der Waals surface area contributed by atoms with Crippen LogP contribution in [0.15, 0.2) is 47.2 Å². The van der Waals surface area contributed by atoms with Crippen LogP contribution in [-0.4, -0.2) is 22.8 Å². The summed E-state index contributed by atoms with van der Waals surface area (Å²) in [6.45, 7) is 0.678. The lowest BCUT2D eigenvalue weighted by Gasteiger charge is -2.22. The summed E-state index contributed by atoms with van der Waals surface area (Å²) < 4.78 is 16.3. The van der Waals surface area contributed by atoms with Gasteiger partial charge in [0.1, 0.15) is 17.2 Å². The van der Waals surface area contributed by atoms with Crippen molar-refractivity contribution in [1.29, 1.82) is 0 Å². The van der Waals surface area contributed by atoms with E-state index in [-0.39, 0.29) is 6.79 Å². The van der Waals surface area contributed by atoms with Gasteiger partial charge < -0.3 is 25.5 Å². The highest BCUT2D eigenvalue weighted by molar-refractivity contribution is 5.77. The SMILES string of the molecule is NC(=O)C(Cc1cc(-c2cnccc2N)no1)Cc1cccc2c1COCO2. The Morgan fingerprint density at radius 2 is 2.14 bits per heavy atom. The molecule has 2 aromatic heterocycles. The topological polar surface area (TPSA) is 126 Å². The number of nitrogen functional groups attached to an aromatic ring is 1. The van der Waals surface area contributed by atoms with E-state index in [9.17, 15) is 4.79 Å². The van der Waals surface area contributed by atoms with E-state index < -0.39 is 11.8 Å². The number of benzene rings is 1. The molecule has 4 N–H and O–H groups in total. The van der Waals surface area contributed by atoms with Crippen LogP contribution in [0.3, 0.4) is 0 Å². The van der Waals surface area contributed by atoms with Gasteiger partial charge in [-0.05, 0) is 24.1 Å². The normalized spacial score (nSPS) is 14.1. The van der Waals surface area contributed by atoms with Gasteiger partial charge in [0.05, 0.1) is 6.61 Å². The zero-order valence-electron chi connectivity index (χ0n) is 15.1. The lowest BCUT2D eigenvalue weighted by molar-refractivity contribution is -0.121. The van der Waals surface area contributed by atoms with E-state index in [1.54, 1.807) is 24.5 Å². The number of nitrogens with two attached hydrogens (primary N) is 2. The van der Waals surface area contributed by atoms with Crippen molar-refractivity contribution < 1.29 is 18.8 Å². The van der Waals surface area contributed by atoms with Crippen molar-refractivity contribution in [3.8, 4) is 17.0 Å². The molecule has 0 aliphatic carbocycles. The number of amides is 1. The van der Waals surface area contributed by atoms with E-state index in [0.29, 0.717) is 42.2 Å². The Morgan fingerprint density at radius 1 is 1.25 bits per heavy atom. The molecule has 3 heterocycles. The second-order valence-electron chi connectivity index (χ2n) is 6.65. The predicted molar refractivity (Wildman–Crippen MR) is 101 cm³/mol. The third-order valence-corrected chi connectivity index (χ3v) is 4.78. The van der Waals surface area contributed by atoms with Gasteiger partial charge in [0.15, 0.2) is 6.79 Å². The minimum Gasteiger partial charge on any atom is -0.467 e. The number of aromatic nitrogens is 2. The van der Waals surface area contributed by atoms with Gasteiger partial charge >= 0.3 is 0 Å². The highest BCUT2D eigenvalue weighted by Gasteiger charge is 2.23. The van der Waals surface area contributed by atoms with Crippen molar-refractivity contribution in [3.05, 3.63) is 59.6 Å². The number of ether oxygens (including phenoxy) is 2. The van der Waals surface area contributed by atoms with Gasteiger partial charge in [0, 0.05) is 47.6 Å². The van der Waals surface area contributed by atoms with Crippen LogP contribution in [0.4, 0.5) is 5.69 Å². The molecule has 1 unspecified atom stereocenters. The maximum Gasteiger partial charge on any atom is 0.221 e. The fraction of sp³-hybridized carbons (Fsp3) is 0.250. The first-order chi connectivity index (χ1) is 13.6. The van der Waals surface area contributed by atoms with Crippen molar-refractivity contribution in [1.82, 2.24) is 10.1 Å². The van der Waals surface area contributed by atoms with Gasteiger partial charge in [0.25, 0.3) is 0 Å². The van der Waals surface area contributed by atoms with Crippen LogP contribution in [0, 0.1) is 5.92 Å². The molecule has 8 heteroatoms. The Hall–Kier alpha value is -3.39. The number of primary amides is 1. The smallest absolute Gasteiger partial charge is 0.221 e. The van der Waals surface area contributed by atoms with E-state index in [4.69, 9.17) is 25.5 Å². The average Bonchev–Trinajstić information content (AvgIpc) is 3.16. The molecule has 28 heavy (non-hydrogen) atoms. The predicted octanol–water partition coefficient (Wildman–Crippen LogP) is 2.07. The zero-order chi connectivity index (χ0) is 19.5. The van der Waals surface area contributed by atoms with Gasteiger partial charge in [-0.15, -0.1) is 0 Å². The first-order valence-corrected chi connectivity index (χ1v) is 8.88. The molecule has 0 bridgehead atoms. The Balaban J connectivity index is 1.54. The molecule has 1 aliphatic heterocycles. The maximum absolute atomic E-state index is 12.1. The van der Waals surface area contributed by atoms with Gasteiger partial charge in [-0.2, -0.15) is 0 Å². The van der Waals surface area contributed by atoms with E-state index in [1.165, 1.54) is 0 Å². The Bertz CT molecular complexity index is 1000. The molecule has 0 saturated heterocycles. The highest BCUT2D eigenvalue weighted by Crippen LogP contribution is 2.30. The number of carbonyl (C=O) groups excluding carboxylic acids is 1. The second kappa shape index (κ2) is 7.69. The van der Waals surface area contributed by atoms with Gasteiger partial charge in [-0.25, -0.2) is 0 Å². The van der Waals surface area contributed by atoms with E-state index in [2.05, 4.69) is 10.1 Å².